The Balaban J connectivity index is 1.32. The van der Waals surface area contributed by atoms with Gasteiger partial charge < -0.3 is 51.8 Å². The summed E-state index contributed by atoms with van der Waals surface area (Å²) >= 11 is 0. The van der Waals surface area contributed by atoms with Gasteiger partial charge in [0.1, 0.15) is 42.2 Å². The van der Waals surface area contributed by atoms with Crippen LogP contribution in [-0.4, -0.2) is 121 Å². The van der Waals surface area contributed by atoms with Gasteiger partial charge in [0.25, 0.3) is 5.91 Å². The van der Waals surface area contributed by atoms with Gasteiger partial charge in [0, 0.05) is 49.1 Å². The molecule has 2 bridgehead atoms. The summed E-state index contributed by atoms with van der Waals surface area (Å²) in [4.78, 5) is 107. The Bertz CT molecular complexity index is 3330. The third-order valence-corrected chi connectivity index (χ3v) is 23.5. The highest BCUT2D eigenvalue weighted by Gasteiger charge is 2.82. The van der Waals surface area contributed by atoms with Crippen molar-refractivity contribution in [3.05, 3.63) is 155 Å². The van der Waals surface area contributed by atoms with Crippen LogP contribution in [0.2, 0.25) is 18.1 Å². The molecule has 484 valence electrons. The molecule has 4 aromatic carbocycles. The number of carbonyl (C=O) groups is 7. The van der Waals surface area contributed by atoms with Crippen molar-refractivity contribution in [1.29, 1.82) is 0 Å². The van der Waals surface area contributed by atoms with Crippen LogP contribution in [0.3, 0.4) is 0 Å². The Morgan fingerprint density at radius 3 is 1.86 bits per heavy atom. The van der Waals surface area contributed by atoms with Gasteiger partial charge in [0.05, 0.1) is 23.7 Å². The van der Waals surface area contributed by atoms with Gasteiger partial charge >= 0.3 is 36.1 Å². The van der Waals surface area contributed by atoms with E-state index in [-0.39, 0.29) is 48.3 Å². The van der Waals surface area contributed by atoms with Crippen molar-refractivity contribution in [3.63, 3.8) is 0 Å². The standard InChI is InChI=1S/C70H87NO18Si/c1-16-90(17-2,18-3)87-51-39-52-68(42-80-52,84-45(6)73)57-59-69(89-70(85-59,88-65(10,11)12)49-37-29-22-30-38-49)40-50(43(4)53(66(69,13)14)55(81-44(5)72)58(74)67(51,57)15)82-61(76)56(83-63(78)79-41-46-31-23-19-24-32-46)54(47-33-25-20-26-34-47)71(62(77)86-64(7,8)9)60(75)48-35-27-21-28-36-48/h19-38,50-52,54-57,59H,16-18,39-42H2,1-15H3/t50-,51-,52+,54-,55+,56+,57-,59-,67+,68-,69+,70?/m0/s1. The maximum absolute atomic E-state index is 17.1. The second-order valence-corrected chi connectivity index (χ2v) is 31.7. The fourth-order valence-corrected chi connectivity index (χ4v) is 17.3. The highest BCUT2D eigenvalue weighted by Crippen LogP contribution is 2.70. The van der Waals surface area contributed by atoms with Crippen LogP contribution in [0.15, 0.2) is 132 Å². The minimum absolute atomic E-state index is 0.0162. The number of Topliss-reactive ketones (excluding diaryl/α,β-unsaturated/α-hetero) is 1. The first-order valence-electron chi connectivity index (χ1n) is 31.1. The molecule has 4 aromatic rings. The van der Waals surface area contributed by atoms with Gasteiger partial charge in [-0.3, -0.25) is 19.2 Å². The number of fused-ring (bicyclic) bond motifs is 5. The first kappa shape index (κ1) is 67.3. The van der Waals surface area contributed by atoms with E-state index in [1.165, 1.54) is 26.0 Å². The van der Waals surface area contributed by atoms with Crippen molar-refractivity contribution in [3.8, 4) is 0 Å². The molecule has 2 saturated heterocycles. The average molecular weight is 1260 g/mol. The third-order valence-electron chi connectivity index (χ3n) is 18.8. The highest BCUT2D eigenvalue weighted by atomic mass is 28.4. The maximum atomic E-state index is 17.1. The molecule has 1 unspecified atom stereocenters. The van der Waals surface area contributed by atoms with Crippen molar-refractivity contribution in [1.82, 2.24) is 4.90 Å². The van der Waals surface area contributed by atoms with Crippen molar-refractivity contribution < 1.29 is 85.4 Å². The molecule has 90 heavy (non-hydrogen) atoms. The average Bonchev–Trinajstić information content (AvgIpc) is 1.25. The molecule has 19 nitrogen and oxygen atoms in total. The summed E-state index contributed by atoms with van der Waals surface area (Å²) in [7, 11) is -2.69. The van der Waals surface area contributed by atoms with Gasteiger partial charge in [-0.15, -0.1) is 0 Å². The molecule has 3 aliphatic carbocycles. The lowest BCUT2D eigenvalue weighted by Crippen LogP contribution is -2.81. The number of esters is 3. The number of ketones is 1. The Hall–Kier alpha value is -7.07. The van der Waals surface area contributed by atoms with Gasteiger partial charge in [0.2, 0.25) is 6.10 Å². The Labute approximate surface area is 528 Å². The van der Waals surface area contributed by atoms with E-state index in [0.717, 1.165) is 4.90 Å². The van der Waals surface area contributed by atoms with E-state index in [4.69, 9.17) is 51.8 Å². The van der Waals surface area contributed by atoms with E-state index in [2.05, 4.69) is 20.8 Å². The molecule has 0 aromatic heterocycles. The molecular formula is C70H87NO18Si. The number of benzene rings is 4. The van der Waals surface area contributed by atoms with Crippen molar-refractivity contribution in [2.45, 2.75) is 212 Å². The molecule has 4 fully saturated rings. The first-order chi connectivity index (χ1) is 42.3. The largest absolute Gasteiger partial charge is 0.509 e. The van der Waals surface area contributed by atoms with Crippen LogP contribution in [0.5, 0.6) is 0 Å². The summed E-state index contributed by atoms with van der Waals surface area (Å²) in [5.74, 6) is -7.73. The van der Waals surface area contributed by atoms with Crippen LogP contribution in [0.25, 0.3) is 0 Å². The van der Waals surface area contributed by atoms with E-state index >= 15 is 19.2 Å². The lowest BCUT2D eigenvalue weighted by Gasteiger charge is -2.67. The molecule has 9 rings (SSSR count). The lowest BCUT2D eigenvalue weighted by molar-refractivity contribution is -0.399. The zero-order valence-corrected chi connectivity index (χ0v) is 55.4. The molecule has 0 radical (unpaired) electrons. The number of rotatable bonds is 18. The fourth-order valence-electron chi connectivity index (χ4n) is 14.4. The summed E-state index contributed by atoms with van der Waals surface area (Å²) < 4.78 is 74.8. The van der Waals surface area contributed by atoms with E-state index in [0.29, 0.717) is 29.3 Å². The number of hydrogen-bond acceptors (Lipinski definition) is 18. The van der Waals surface area contributed by atoms with Gasteiger partial charge in [-0.2, -0.15) is 0 Å². The minimum Gasteiger partial charge on any atom is -0.455 e. The molecule has 2 aliphatic heterocycles. The normalized spacial score (nSPS) is 28.4. The van der Waals surface area contributed by atoms with E-state index in [1.807, 2.05) is 40.7 Å². The Morgan fingerprint density at radius 2 is 1.32 bits per heavy atom. The second kappa shape index (κ2) is 25.5. The van der Waals surface area contributed by atoms with Crippen LogP contribution in [0.4, 0.5) is 9.59 Å². The lowest BCUT2D eigenvalue weighted by atomic mass is 9.44. The van der Waals surface area contributed by atoms with Crippen LogP contribution < -0.4 is 0 Å². The molecule has 12 atom stereocenters. The molecule has 5 aliphatic rings. The summed E-state index contributed by atoms with van der Waals surface area (Å²) in [6.07, 6.45) is -11.5. The predicted molar refractivity (Wildman–Crippen MR) is 331 cm³/mol. The van der Waals surface area contributed by atoms with Gasteiger partial charge in [-0.05, 0) is 108 Å². The van der Waals surface area contributed by atoms with Gasteiger partial charge in [-0.25, -0.2) is 19.3 Å². The molecule has 2 amide bonds. The summed E-state index contributed by atoms with van der Waals surface area (Å²) in [6, 6.07) is 33.9. The number of imide groups is 1. The number of hydrogen-bond donors (Lipinski definition) is 0. The predicted octanol–water partition coefficient (Wildman–Crippen LogP) is 12.6. The SMILES string of the molecule is CC[Si](CC)(CC)O[C@H]1C[C@H]2OC[C@@]2(OC(C)=O)[C@H]2[C@@H]3OC(OC(C)(C)C)(c4ccccc4)O[C@]34C[C@H](OC(=O)[C@H](OC(=O)OCc3ccccc3)[C@H](c3ccccc3)N(C(=O)OC(C)(C)C)C(=O)c3ccccc3)C(C)=C([C@@H](OC(C)=O)C(=O)[C@]12C)C4(C)C. The summed E-state index contributed by atoms with van der Waals surface area (Å²) in [5, 5.41) is 0. The topological polar surface area (TPSA) is 224 Å². The van der Waals surface area contributed by atoms with Crippen molar-refractivity contribution in [2.24, 2.45) is 16.7 Å². The van der Waals surface area contributed by atoms with Gasteiger partial charge in [0.15, 0.2) is 25.8 Å². The smallest absolute Gasteiger partial charge is 0.455 e. The first-order valence-corrected chi connectivity index (χ1v) is 33.7. The van der Waals surface area contributed by atoms with E-state index in [9.17, 15) is 14.4 Å². The van der Waals surface area contributed by atoms with E-state index < -0.39 is 138 Å². The number of amides is 2. The Morgan fingerprint density at radius 1 is 0.744 bits per heavy atom. The molecule has 0 N–H and O–H groups in total. The van der Waals surface area contributed by atoms with Crippen LogP contribution in [-0.2, 0) is 83.6 Å². The zero-order valence-electron chi connectivity index (χ0n) is 54.4. The molecule has 20 heteroatoms. The summed E-state index contributed by atoms with van der Waals surface area (Å²) in [5.41, 5.74) is -7.47. The Kier molecular flexibility index (Phi) is 19.1. The molecule has 2 heterocycles. The monoisotopic (exact) mass is 1260 g/mol. The highest BCUT2D eigenvalue weighted by molar-refractivity contribution is 6.73. The molecule has 2 saturated carbocycles. The quantitative estimate of drug-likeness (QED) is 0.0391. The number of nitrogens with zero attached hydrogens (tertiary/aromatic N) is 1. The summed E-state index contributed by atoms with van der Waals surface area (Å²) in [6.45, 7) is 25.7. The van der Waals surface area contributed by atoms with Crippen LogP contribution in [0, 0.1) is 16.7 Å². The zero-order chi connectivity index (χ0) is 65.6. The minimum atomic E-state index is -2.69. The van der Waals surface area contributed by atoms with Crippen molar-refractivity contribution in [2.75, 3.05) is 6.61 Å². The second-order valence-electron chi connectivity index (χ2n) is 27.0. The molecular weight excluding hydrogens is 1170 g/mol. The van der Waals surface area contributed by atoms with Crippen LogP contribution >= 0.6 is 0 Å². The maximum Gasteiger partial charge on any atom is 0.509 e. The van der Waals surface area contributed by atoms with Crippen LogP contribution in [0.1, 0.15) is 150 Å². The third kappa shape index (κ3) is 12.6. The number of carbonyl (C=O) groups excluding carboxylic acids is 7. The van der Waals surface area contributed by atoms with Gasteiger partial charge in [-0.1, -0.05) is 144 Å². The van der Waals surface area contributed by atoms with E-state index in [1.54, 1.807) is 138 Å². The molecule has 1 spiro atoms. The fraction of sp³-hybridized carbons (Fsp3) is 0.529. The van der Waals surface area contributed by atoms with Crippen molar-refractivity contribution >= 4 is 50.2 Å². The number of ether oxygens (including phenoxy) is 10.